The number of Topliss-reactive ketones (excluding diaryl/α,β-unsaturated/α-hetero) is 1. The molecule has 2 atom stereocenters. The lowest BCUT2D eigenvalue weighted by molar-refractivity contribution is -0.116. The first-order valence-electron chi connectivity index (χ1n) is 5.50. The van der Waals surface area contributed by atoms with Crippen LogP contribution in [0.1, 0.15) is 19.4 Å². The molecule has 0 saturated heterocycles. The molecule has 0 aromatic heterocycles. The summed E-state index contributed by atoms with van der Waals surface area (Å²) >= 11 is 1.53. The molecule has 4 heteroatoms. The van der Waals surface area contributed by atoms with E-state index in [-0.39, 0.29) is 11.0 Å². The number of carbonyl (C=O) groups excluding carboxylic acids is 2. The van der Waals surface area contributed by atoms with Crippen LogP contribution in [-0.4, -0.2) is 23.4 Å². The molecular formula is C13H17NO2S. The molecule has 3 nitrogen and oxygen atoms in total. The van der Waals surface area contributed by atoms with Gasteiger partial charge < -0.3 is 10.5 Å². The highest BCUT2D eigenvalue weighted by Gasteiger charge is 2.09. The van der Waals surface area contributed by atoms with E-state index in [2.05, 4.69) is 0 Å². The molecule has 1 aromatic carbocycles. The molecule has 0 spiro atoms. The number of aldehydes is 1. The first kappa shape index (κ1) is 13.9. The molecule has 0 heterocycles. The van der Waals surface area contributed by atoms with Gasteiger partial charge in [0.25, 0.3) is 0 Å². The van der Waals surface area contributed by atoms with Crippen molar-refractivity contribution in [2.75, 3.05) is 0 Å². The Labute approximate surface area is 106 Å². The van der Waals surface area contributed by atoms with Gasteiger partial charge in [-0.2, -0.15) is 0 Å². The van der Waals surface area contributed by atoms with Gasteiger partial charge in [-0.15, -0.1) is 11.8 Å². The normalized spacial score (nSPS) is 14.1. The van der Waals surface area contributed by atoms with Gasteiger partial charge in [-0.05, 0) is 38.0 Å². The van der Waals surface area contributed by atoms with Crippen LogP contribution in [-0.2, 0) is 16.0 Å². The standard InChI is InChI=1S/C13H17NO2S/c1-9(16)10(2)17-13-5-3-11(4-6-13)7-12(14)8-15/h3-6,8,10,12H,7,14H2,1-2H3. The lowest BCUT2D eigenvalue weighted by Crippen LogP contribution is -2.23. The fraction of sp³-hybridized carbons (Fsp3) is 0.385. The maximum absolute atomic E-state index is 11.1. The fourth-order valence-electron chi connectivity index (χ4n) is 1.31. The zero-order valence-electron chi connectivity index (χ0n) is 10.1. The van der Waals surface area contributed by atoms with Crippen molar-refractivity contribution in [3.63, 3.8) is 0 Å². The van der Waals surface area contributed by atoms with E-state index in [1.54, 1.807) is 6.92 Å². The highest BCUT2D eigenvalue weighted by Crippen LogP contribution is 2.24. The number of thioether (sulfide) groups is 1. The van der Waals surface area contributed by atoms with Gasteiger partial charge in [0.15, 0.2) is 0 Å². The molecule has 0 radical (unpaired) electrons. The molecule has 2 N–H and O–H groups in total. The Kier molecular flexibility index (Phi) is 5.38. The highest BCUT2D eigenvalue weighted by molar-refractivity contribution is 8.00. The summed E-state index contributed by atoms with van der Waals surface area (Å²) in [5.41, 5.74) is 6.58. The number of rotatable bonds is 6. The van der Waals surface area contributed by atoms with Crippen LogP contribution in [0.4, 0.5) is 0 Å². The van der Waals surface area contributed by atoms with Gasteiger partial charge in [-0.25, -0.2) is 0 Å². The average Bonchev–Trinajstić information content (AvgIpc) is 2.31. The Hall–Kier alpha value is -1.13. The predicted molar refractivity (Wildman–Crippen MR) is 70.2 cm³/mol. The minimum atomic E-state index is -0.440. The van der Waals surface area contributed by atoms with Gasteiger partial charge in [0.1, 0.15) is 12.1 Å². The molecule has 2 unspecified atom stereocenters. The predicted octanol–water partition coefficient (Wildman–Crippen LogP) is 1.82. The summed E-state index contributed by atoms with van der Waals surface area (Å²) in [6, 6.07) is 7.36. The molecule has 92 valence electrons. The minimum Gasteiger partial charge on any atom is -0.321 e. The van der Waals surface area contributed by atoms with Gasteiger partial charge in [-0.1, -0.05) is 12.1 Å². The van der Waals surface area contributed by atoms with Crippen molar-refractivity contribution >= 4 is 23.8 Å². The molecule has 17 heavy (non-hydrogen) atoms. The third kappa shape index (κ3) is 4.71. The summed E-state index contributed by atoms with van der Waals surface area (Å²) in [4.78, 5) is 22.6. The summed E-state index contributed by atoms with van der Waals surface area (Å²) in [6.07, 6.45) is 1.30. The second-order valence-electron chi connectivity index (χ2n) is 4.02. The number of hydrogen-bond acceptors (Lipinski definition) is 4. The van der Waals surface area contributed by atoms with E-state index in [4.69, 9.17) is 5.73 Å². The van der Waals surface area contributed by atoms with Gasteiger partial charge >= 0.3 is 0 Å². The van der Waals surface area contributed by atoms with Crippen LogP contribution in [0.2, 0.25) is 0 Å². The Morgan fingerprint density at radius 1 is 1.41 bits per heavy atom. The van der Waals surface area contributed by atoms with Crippen LogP contribution < -0.4 is 5.73 Å². The summed E-state index contributed by atoms with van der Waals surface area (Å²) in [7, 11) is 0. The molecule has 0 aliphatic heterocycles. The number of benzene rings is 1. The van der Waals surface area contributed by atoms with Gasteiger partial charge in [0.05, 0.1) is 11.3 Å². The van der Waals surface area contributed by atoms with Crippen LogP contribution in [0.25, 0.3) is 0 Å². The number of nitrogens with two attached hydrogens (primary N) is 1. The largest absolute Gasteiger partial charge is 0.321 e. The van der Waals surface area contributed by atoms with Crippen molar-refractivity contribution in [1.82, 2.24) is 0 Å². The maximum atomic E-state index is 11.1. The third-order valence-electron chi connectivity index (χ3n) is 2.45. The van der Waals surface area contributed by atoms with Gasteiger partial charge in [-0.3, -0.25) is 4.79 Å². The summed E-state index contributed by atoms with van der Waals surface area (Å²) in [5.74, 6) is 0.169. The molecule has 0 saturated carbocycles. The SMILES string of the molecule is CC(=O)C(C)Sc1ccc(CC(N)C=O)cc1. The molecule has 0 aliphatic carbocycles. The van der Waals surface area contributed by atoms with Crippen LogP contribution in [0.3, 0.4) is 0 Å². The van der Waals surface area contributed by atoms with Crippen LogP contribution in [0.5, 0.6) is 0 Å². The molecule has 0 fully saturated rings. The van der Waals surface area contributed by atoms with E-state index in [0.717, 1.165) is 16.7 Å². The van der Waals surface area contributed by atoms with Gasteiger partial charge in [0, 0.05) is 4.90 Å². The summed E-state index contributed by atoms with van der Waals surface area (Å²) in [6.45, 7) is 3.48. The van der Waals surface area contributed by atoms with Crippen molar-refractivity contribution in [3.8, 4) is 0 Å². The Morgan fingerprint density at radius 3 is 2.47 bits per heavy atom. The van der Waals surface area contributed by atoms with E-state index >= 15 is 0 Å². The summed E-state index contributed by atoms with van der Waals surface area (Å²) < 4.78 is 0. The van der Waals surface area contributed by atoms with E-state index in [9.17, 15) is 9.59 Å². The number of carbonyl (C=O) groups is 2. The Bertz CT molecular complexity index is 389. The van der Waals surface area contributed by atoms with Crippen molar-refractivity contribution < 1.29 is 9.59 Å². The van der Waals surface area contributed by atoms with Crippen molar-refractivity contribution in [2.24, 2.45) is 5.73 Å². The monoisotopic (exact) mass is 251 g/mol. The Morgan fingerprint density at radius 2 is 2.00 bits per heavy atom. The third-order valence-corrected chi connectivity index (χ3v) is 3.68. The lowest BCUT2D eigenvalue weighted by Gasteiger charge is -2.08. The second-order valence-corrected chi connectivity index (χ2v) is 5.43. The minimum absolute atomic E-state index is 0.0296. The zero-order chi connectivity index (χ0) is 12.8. The maximum Gasteiger partial charge on any atom is 0.142 e. The average molecular weight is 251 g/mol. The zero-order valence-corrected chi connectivity index (χ0v) is 10.9. The summed E-state index contributed by atoms with van der Waals surface area (Å²) in [5, 5.41) is -0.0296. The van der Waals surface area contributed by atoms with Crippen LogP contribution in [0.15, 0.2) is 29.2 Å². The van der Waals surface area contributed by atoms with Crippen LogP contribution >= 0.6 is 11.8 Å². The molecule has 0 aliphatic rings. The number of ketones is 1. The number of hydrogen-bond donors (Lipinski definition) is 1. The van der Waals surface area contributed by atoms with Crippen molar-refractivity contribution in [3.05, 3.63) is 29.8 Å². The lowest BCUT2D eigenvalue weighted by atomic mass is 10.1. The highest BCUT2D eigenvalue weighted by atomic mass is 32.2. The van der Waals surface area contributed by atoms with Crippen molar-refractivity contribution in [1.29, 1.82) is 0 Å². The first-order chi connectivity index (χ1) is 8.02. The Balaban J connectivity index is 2.61. The molecule has 1 rings (SSSR count). The van der Waals surface area contributed by atoms with Gasteiger partial charge in [0.2, 0.25) is 0 Å². The molecule has 0 amide bonds. The fourth-order valence-corrected chi connectivity index (χ4v) is 2.18. The van der Waals surface area contributed by atoms with E-state index in [0.29, 0.717) is 6.42 Å². The smallest absolute Gasteiger partial charge is 0.142 e. The van der Waals surface area contributed by atoms with E-state index in [1.165, 1.54) is 11.8 Å². The molecule has 0 bridgehead atoms. The molecular weight excluding hydrogens is 234 g/mol. The second kappa shape index (κ2) is 6.57. The topological polar surface area (TPSA) is 60.2 Å². The van der Waals surface area contributed by atoms with Crippen molar-refractivity contribution in [2.45, 2.75) is 36.5 Å². The van der Waals surface area contributed by atoms with E-state index < -0.39 is 6.04 Å². The first-order valence-corrected chi connectivity index (χ1v) is 6.38. The quantitative estimate of drug-likeness (QED) is 0.619. The van der Waals surface area contributed by atoms with Crippen LogP contribution in [0, 0.1) is 0 Å². The van der Waals surface area contributed by atoms with E-state index in [1.807, 2.05) is 31.2 Å². The molecule has 1 aromatic rings.